The molecule has 1 atom stereocenters. The smallest absolute Gasteiger partial charge is 0.232 e. The lowest BCUT2D eigenvalue weighted by Crippen LogP contribution is -2.33. The summed E-state index contributed by atoms with van der Waals surface area (Å²) in [5.41, 5.74) is 4.06. The average molecular weight is 417 g/mol. The lowest BCUT2D eigenvalue weighted by molar-refractivity contribution is -0.121. The highest BCUT2D eigenvalue weighted by Crippen LogP contribution is 2.20. The molecule has 0 saturated heterocycles. The maximum Gasteiger partial charge on any atom is 0.232 e. The summed E-state index contributed by atoms with van der Waals surface area (Å²) < 4.78 is 25.8. The van der Waals surface area contributed by atoms with Gasteiger partial charge in [0.05, 0.1) is 18.0 Å². The van der Waals surface area contributed by atoms with Crippen molar-refractivity contribution in [3.05, 3.63) is 65.2 Å². The Bertz CT molecular complexity index is 891. The molecule has 1 amide bonds. The van der Waals surface area contributed by atoms with E-state index in [1.54, 1.807) is 0 Å². The van der Waals surface area contributed by atoms with Crippen LogP contribution in [0.15, 0.2) is 48.5 Å². The summed E-state index contributed by atoms with van der Waals surface area (Å²) in [5.74, 6) is -0.0628. The normalized spacial score (nSPS) is 12.4. The van der Waals surface area contributed by atoms with Gasteiger partial charge in [-0.3, -0.25) is 9.10 Å². The number of nitrogens with zero attached hydrogens (tertiary/aromatic N) is 1. The standard InChI is InChI=1S/C23H32N2O3S/c1-5-19-11-15-21(16-12-19)25(29(4,27)28)17-7-8-23(26)24-22(6-2)20-13-9-18(3)10-14-20/h9-16,22H,5-8,17H2,1-4H3,(H,24,26). The SMILES string of the molecule is CCc1ccc(N(CCCC(=O)NC(CC)c2ccc(C)cc2)S(C)(=O)=O)cc1. The second-order valence-electron chi connectivity index (χ2n) is 7.40. The highest BCUT2D eigenvalue weighted by molar-refractivity contribution is 7.92. The number of hydrogen-bond donors (Lipinski definition) is 1. The van der Waals surface area contributed by atoms with Crippen LogP contribution in [-0.4, -0.2) is 27.1 Å². The number of amides is 1. The number of anilines is 1. The van der Waals surface area contributed by atoms with Crippen LogP contribution in [0, 0.1) is 6.92 Å². The number of rotatable bonds is 10. The molecule has 6 heteroatoms. The van der Waals surface area contributed by atoms with Crippen molar-refractivity contribution in [3.8, 4) is 0 Å². The van der Waals surface area contributed by atoms with Crippen molar-refractivity contribution >= 4 is 21.6 Å². The number of sulfonamides is 1. The minimum atomic E-state index is -3.41. The number of benzene rings is 2. The Labute approximate surface area is 175 Å². The summed E-state index contributed by atoms with van der Waals surface area (Å²) in [6, 6.07) is 15.6. The van der Waals surface area contributed by atoms with E-state index in [1.807, 2.05) is 62.4 Å². The monoisotopic (exact) mass is 416 g/mol. The van der Waals surface area contributed by atoms with Crippen molar-refractivity contribution in [1.82, 2.24) is 5.32 Å². The minimum absolute atomic E-state index is 0.0318. The largest absolute Gasteiger partial charge is 0.349 e. The quantitative estimate of drug-likeness (QED) is 0.625. The molecule has 1 unspecified atom stereocenters. The zero-order valence-electron chi connectivity index (χ0n) is 17.8. The second-order valence-corrected chi connectivity index (χ2v) is 9.30. The molecule has 0 saturated carbocycles. The summed E-state index contributed by atoms with van der Waals surface area (Å²) in [6.07, 6.45) is 3.64. The van der Waals surface area contributed by atoms with E-state index < -0.39 is 10.0 Å². The van der Waals surface area contributed by atoms with E-state index in [0.29, 0.717) is 12.1 Å². The Hall–Kier alpha value is -2.34. The summed E-state index contributed by atoms with van der Waals surface area (Å²) in [7, 11) is -3.41. The van der Waals surface area contributed by atoms with Crippen LogP contribution in [0.1, 0.15) is 55.8 Å². The first kappa shape index (κ1) is 22.9. The van der Waals surface area contributed by atoms with E-state index in [9.17, 15) is 13.2 Å². The van der Waals surface area contributed by atoms with Gasteiger partial charge in [-0.1, -0.05) is 55.8 Å². The first-order valence-electron chi connectivity index (χ1n) is 10.2. The molecule has 0 heterocycles. The maximum atomic E-state index is 12.4. The molecule has 0 fully saturated rings. The predicted octanol–water partition coefficient (Wildman–Crippen LogP) is 4.37. The van der Waals surface area contributed by atoms with E-state index in [2.05, 4.69) is 12.2 Å². The Kier molecular flexibility index (Phi) is 8.26. The molecule has 2 rings (SSSR count). The van der Waals surface area contributed by atoms with Crippen molar-refractivity contribution in [2.45, 2.75) is 52.5 Å². The van der Waals surface area contributed by atoms with Crippen molar-refractivity contribution in [2.24, 2.45) is 0 Å². The lowest BCUT2D eigenvalue weighted by Gasteiger charge is -2.23. The van der Waals surface area contributed by atoms with Gasteiger partial charge in [-0.15, -0.1) is 0 Å². The van der Waals surface area contributed by atoms with Crippen LogP contribution in [0.25, 0.3) is 0 Å². The number of carbonyl (C=O) groups is 1. The van der Waals surface area contributed by atoms with Gasteiger partial charge in [0.2, 0.25) is 15.9 Å². The van der Waals surface area contributed by atoms with Gasteiger partial charge in [0.25, 0.3) is 0 Å². The maximum absolute atomic E-state index is 12.4. The number of carbonyl (C=O) groups excluding carboxylic acids is 1. The third-order valence-electron chi connectivity index (χ3n) is 5.02. The Morgan fingerprint density at radius 3 is 2.17 bits per heavy atom. The van der Waals surface area contributed by atoms with Crippen LogP contribution in [0.5, 0.6) is 0 Å². The van der Waals surface area contributed by atoms with Crippen molar-refractivity contribution in [3.63, 3.8) is 0 Å². The molecule has 0 aliphatic carbocycles. The topological polar surface area (TPSA) is 66.5 Å². The molecule has 0 radical (unpaired) electrons. The first-order valence-corrected chi connectivity index (χ1v) is 12.0. The van der Waals surface area contributed by atoms with Crippen molar-refractivity contribution < 1.29 is 13.2 Å². The fourth-order valence-electron chi connectivity index (χ4n) is 3.25. The average Bonchev–Trinajstić information content (AvgIpc) is 2.69. The van der Waals surface area contributed by atoms with Gasteiger partial charge >= 0.3 is 0 Å². The number of hydrogen-bond acceptors (Lipinski definition) is 3. The first-order chi connectivity index (χ1) is 13.7. The molecule has 2 aromatic carbocycles. The minimum Gasteiger partial charge on any atom is -0.349 e. The highest BCUT2D eigenvalue weighted by Gasteiger charge is 2.18. The zero-order chi connectivity index (χ0) is 21.4. The second kappa shape index (κ2) is 10.4. The summed E-state index contributed by atoms with van der Waals surface area (Å²) in [6.45, 7) is 6.41. The van der Waals surface area contributed by atoms with Crippen LogP contribution in [0.4, 0.5) is 5.69 Å². The van der Waals surface area contributed by atoms with E-state index in [0.717, 1.165) is 24.0 Å². The Balaban J connectivity index is 1.95. The molecular weight excluding hydrogens is 384 g/mol. The molecule has 158 valence electrons. The van der Waals surface area contributed by atoms with Crippen molar-refractivity contribution in [1.29, 1.82) is 0 Å². The fraction of sp³-hybridized carbons (Fsp3) is 0.435. The molecule has 29 heavy (non-hydrogen) atoms. The van der Waals surface area contributed by atoms with Crippen LogP contribution in [0.2, 0.25) is 0 Å². The molecule has 2 aromatic rings. The number of aryl methyl sites for hydroxylation is 2. The van der Waals surface area contributed by atoms with Crippen LogP contribution in [0.3, 0.4) is 0 Å². The highest BCUT2D eigenvalue weighted by atomic mass is 32.2. The molecule has 0 bridgehead atoms. The molecule has 0 aliphatic rings. The number of nitrogens with one attached hydrogen (secondary N) is 1. The van der Waals surface area contributed by atoms with E-state index in [1.165, 1.54) is 16.1 Å². The van der Waals surface area contributed by atoms with Crippen LogP contribution < -0.4 is 9.62 Å². The van der Waals surface area contributed by atoms with E-state index >= 15 is 0 Å². The fourth-order valence-corrected chi connectivity index (χ4v) is 4.22. The summed E-state index contributed by atoms with van der Waals surface area (Å²) in [5, 5.41) is 3.06. The van der Waals surface area contributed by atoms with Gasteiger partial charge in [0.15, 0.2) is 0 Å². The zero-order valence-corrected chi connectivity index (χ0v) is 18.6. The summed E-state index contributed by atoms with van der Waals surface area (Å²) in [4.78, 5) is 12.4. The molecule has 0 aliphatic heterocycles. The third-order valence-corrected chi connectivity index (χ3v) is 6.22. The van der Waals surface area contributed by atoms with Gasteiger partial charge in [-0.2, -0.15) is 0 Å². The summed E-state index contributed by atoms with van der Waals surface area (Å²) >= 11 is 0. The van der Waals surface area contributed by atoms with Gasteiger partial charge in [0.1, 0.15) is 0 Å². The van der Waals surface area contributed by atoms with Gasteiger partial charge in [-0.05, 0) is 49.4 Å². The van der Waals surface area contributed by atoms with Gasteiger partial charge in [0, 0.05) is 13.0 Å². The predicted molar refractivity (Wildman–Crippen MR) is 120 cm³/mol. The molecular formula is C23H32N2O3S. The molecule has 0 spiro atoms. The molecule has 0 aromatic heterocycles. The van der Waals surface area contributed by atoms with E-state index in [-0.39, 0.29) is 24.9 Å². The van der Waals surface area contributed by atoms with Crippen LogP contribution >= 0.6 is 0 Å². The lowest BCUT2D eigenvalue weighted by atomic mass is 10.0. The van der Waals surface area contributed by atoms with Crippen LogP contribution in [-0.2, 0) is 21.2 Å². The van der Waals surface area contributed by atoms with Gasteiger partial charge in [-0.25, -0.2) is 8.42 Å². The third kappa shape index (κ3) is 6.89. The molecule has 1 N–H and O–H groups in total. The van der Waals surface area contributed by atoms with Crippen molar-refractivity contribution in [2.75, 3.05) is 17.1 Å². The Morgan fingerprint density at radius 1 is 1.03 bits per heavy atom. The van der Waals surface area contributed by atoms with E-state index in [4.69, 9.17) is 0 Å². The van der Waals surface area contributed by atoms with Gasteiger partial charge < -0.3 is 5.32 Å². The molecule has 5 nitrogen and oxygen atoms in total. The Morgan fingerprint density at radius 2 is 1.66 bits per heavy atom.